The van der Waals surface area contributed by atoms with Crippen LogP contribution in [0.1, 0.15) is 19.3 Å². The standard InChI is InChI=1S/C7H8F4/c8-6(9)3-7(10,11)5(6)4-1-2-4/h4-5H,1-3H2. The Labute approximate surface area is 61.6 Å². The average Bonchev–Trinajstić information content (AvgIpc) is 2.42. The van der Waals surface area contributed by atoms with Crippen molar-refractivity contribution in [2.45, 2.75) is 31.1 Å². The molecule has 2 aliphatic rings. The van der Waals surface area contributed by atoms with E-state index in [1.54, 1.807) is 0 Å². The number of rotatable bonds is 1. The molecule has 0 bridgehead atoms. The average molecular weight is 168 g/mol. The van der Waals surface area contributed by atoms with Gasteiger partial charge in [-0.25, -0.2) is 17.6 Å². The first kappa shape index (κ1) is 7.37. The molecule has 0 aromatic heterocycles. The van der Waals surface area contributed by atoms with Gasteiger partial charge < -0.3 is 0 Å². The summed E-state index contributed by atoms with van der Waals surface area (Å²) in [5, 5.41) is 0. The Kier molecular flexibility index (Phi) is 1.15. The molecule has 0 atom stereocenters. The van der Waals surface area contributed by atoms with Crippen LogP contribution in [0.2, 0.25) is 0 Å². The van der Waals surface area contributed by atoms with E-state index in [9.17, 15) is 17.6 Å². The van der Waals surface area contributed by atoms with Crippen LogP contribution in [0.5, 0.6) is 0 Å². The van der Waals surface area contributed by atoms with Gasteiger partial charge in [0.05, 0.1) is 12.3 Å². The molecule has 0 aliphatic heterocycles. The molecule has 0 unspecified atom stereocenters. The van der Waals surface area contributed by atoms with Gasteiger partial charge in [0, 0.05) is 0 Å². The third-order valence-electron chi connectivity index (χ3n) is 2.47. The van der Waals surface area contributed by atoms with Gasteiger partial charge in [-0.05, 0) is 18.8 Å². The molecule has 2 aliphatic carbocycles. The first-order valence-electron chi connectivity index (χ1n) is 3.69. The molecule has 0 radical (unpaired) electrons. The molecular weight excluding hydrogens is 160 g/mol. The maximum atomic E-state index is 12.5. The van der Waals surface area contributed by atoms with Crippen molar-refractivity contribution in [2.75, 3.05) is 0 Å². The van der Waals surface area contributed by atoms with Crippen LogP contribution in [0.25, 0.3) is 0 Å². The van der Waals surface area contributed by atoms with E-state index in [0.29, 0.717) is 12.8 Å². The second-order valence-electron chi connectivity index (χ2n) is 3.51. The van der Waals surface area contributed by atoms with Gasteiger partial charge in [-0.3, -0.25) is 0 Å². The Morgan fingerprint density at radius 3 is 1.55 bits per heavy atom. The lowest BCUT2D eigenvalue weighted by molar-refractivity contribution is -0.291. The molecule has 11 heavy (non-hydrogen) atoms. The van der Waals surface area contributed by atoms with Crippen molar-refractivity contribution < 1.29 is 17.6 Å². The Bertz CT molecular complexity index is 169. The third-order valence-corrected chi connectivity index (χ3v) is 2.47. The zero-order valence-corrected chi connectivity index (χ0v) is 5.79. The van der Waals surface area contributed by atoms with E-state index in [1.807, 2.05) is 0 Å². The largest absolute Gasteiger partial charge is 0.262 e. The van der Waals surface area contributed by atoms with Gasteiger partial charge in [0.2, 0.25) is 0 Å². The van der Waals surface area contributed by atoms with E-state index < -0.39 is 30.1 Å². The molecule has 0 amide bonds. The van der Waals surface area contributed by atoms with Crippen LogP contribution < -0.4 is 0 Å². The van der Waals surface area contributed by atoms with E-state index in [0.717, 1.165) is 0 Å². The summed E-state index contributed by atoms with van der Waals surface area (Å²) in [6.07, 6.45) is -0.132. The fraction of sp³-hybridized carbons (Fsp3) is 1.00. The monoisotopic (exact) mass is 168 g/mol. The summed E-state index contributed by atoms with van der Waals surface area (Å²) >= 11 is 0. The molecule has 4 heteroatoms. The third kappa shape index (κ3) is 0.948. The van der Waals surface area contributed by atoms with Crippen LogP contribution in [0, 0.1) is 11.8 Å². The molecule has 2 fully saturated rings. The summed E-state index contributed by atoms with van der Waals surface area (Å²) in [7, 11) is 0. The van der Waals surface area contributed by atoms with Crippen LogP contribution in [-0.2, 0) is 0 Å². The van der Waals surface area contributed by atoms with Crippen LogP contribution in [-0.4, -0.2) is 11.8 Å². The van der Waals surface area contributed by atoms with Gasteiger partial charge >= 0.3 is 0 Å². The maximum absolute atomic E-state index is 12.5. The smallest absolute Gasteiger partial charge is 0.206 e. The van der Waals surface area contributed by atoms with E-state index in [1.165, 1.54) is 0 Å². The van der Waals surface area contributed by atoms with Crippen molar-refractivity contribution in [1.82, 2.24) is 0 Å². The van der Waals surface area contributed by atoms with Gasteiger partial charge in [0.25, 0.3) is 11.8 Å². The Balaban J connectivity index is 2.12. The maximum Gasteiger partial charge on any atom is 0.262 e. The van der Waals surface area contributed by atoms with Crippen molar-refractivity contribution in [3.05, 3.63) is 0 Å². The molecule has 0 heterocycles. The predicted octanol–water partition coefficient (Wildman–Crippen LogP) is 2.69. The predicted molar refractivity (Wildman–Crippen MR) is 30.7 cm³/mol. The molecule has 0 aromatic rings. The number of halogens is 4. The highest BCUT2D eigenvalue weighted by molar-refractivity contribution is 5.07. The van der Waals surface area contributed by atoms with E-state index in [2.05, 4.69) is 0 Å². The van der Waals surface area contributed by atoms with E-state index in [4.69, 9.17) is 0 Å². The van der Waals surface area contributed by atoms with Crippen molar-refractivity contribution in [3.8, 4) is 0 Å². The van der Waals surface area contributed by atoms with Crippen molar-refractivity contribution in [3.63, 3.8) is 0 Å². The molecule has 0 aromatic carbocycles. The summed E-state index contributed by atoms with van der Waals surface area (Å²) in [5.41, 5.74) is 0. The minimum absolute atomic E-state index is 0.409. The molecular formula is C7H8F4. The lowest BCUT2D eigenvalue weighted by atomic mass is 9.73. The molecule has 0 spiro atoms. The highest BCUT2D eigenvalue weighted by Gasteiger charge is 2.72. The minimum atomic E-state index is -3.09. The second-order valence-corrected chi connectivity index (χ2v) is 3.51. The first-order valence-corrected chi connectivity index (χ1v) is 3.69. The zero-order chi connectivity index (χ0) is 8.28. The summed E-state index contributed by atoms with van der Waals surface area (Å²) in [4.78, 5) is 0. The van der Waals surface area contributed by atoms with E-state index in [-0.39, 0.29) is 0 Å². The second kappa shape index (κ2) is 1.72. The van der Waals surface area contributed by atoms with Crippen molar-refractivity contribution in [2.24, 2.45) is 11.8 Å². The molecule has 0 saturated heterocycles. The van der Waals surface area contributed by atoms with Gasteiger partial charge in [-0.2, -0.15) is 0 Å². The van der Waals surface area contributed by atoms with Gasteiger partial charge in [-0.1, -0.05) is 0 Å². The lowest BCUT2D eigenvalue weighted by Gasteiger charge is -2.44. The Morgan fingerprint density at radius 2 is 1.36 bits per heavy atom. The summed E-state index contributed by atoms with van der Waals surface area (Å²) < 4.78 is 50.0. The fourth-order valence-corrected chi connectivity index (χ4v) is 1.83. The van der Waals surface area contributed by atoms with Crippen LogP contribution >= 0.6 is 0 Å². The summed E-state index contributed by atoms with van der Waals surface area (Å²) in [5.74, 6) is -8.24. The highest BCUT2D eigenvalue weighted by atomic mass is 19.3. The molecule has 2 saturated carbocycles. The van der Waals surface area contributed by atoms with Crippen LogP contribution in [0.4, 0.5) is 17.6 Å². The van der Waals surface area contributed by atoms with Gasteiger partial charge in [0.15, 0.2) is 0 Å². The highest BCUT2D eigenvalue weighted by Crippen LogP contribution is 2.62. The normalized spacial score (nSPS) is 34.9. The zero-order valence-electron chi connectivity index (χ0n) is 5.79. The molecule has 0 N–H and O–H groups in total. The number of alkyl halides is 4. The quantitative estimate of drug-likeness (QED) is 0.528. The molecule has 0 nitrogen and oxygen atoms in total. The SMILES string of the molecule is FC1(F)CC(F)(F)C1C1CC1. The molecule has 64 valence electrons. The number of hydrogen-bond acceptors (Lipinski definition) is 0. The van der Waals surface area contributed by atoms with E-state index >= 15 is 0 Å². The Hall–Kier alpha value is -0.280. The Morgan fingerprint density at radius 1 is 0.909 bits per heavy atom. The fourth-order valence-electron chi connectivity index (χ4n) is 1.83. The van der Waals surface area contributed by atoms with Crippen LogP contribution in [0.15, 0.2) is 0 Å². The van der Waals surface area contributed by atoms with Gasteiger partial charge in [0.1, 0.15) is 0 Å². The topological polar surface area (TPSA) is 0 Å². The summed E-state index contributed by atoms with van der Waals surface area (Å²) in [6.45, 7) is 0. The van der Waals surface area contributed by atoms with Crippen molar-refractivity contribution >= 4 is 0 Å². The minimum Gasteiger partial charge on any atom is -0.206 e. The molecule has 2 rings (SSSR count). The van der Waals surface area contributed by atoms with Crippen molar-refractivity contribution in [1.29, 1.82) is 0 Å². The first-order chi connectivity index (χ1) is 4.93. The number of hydrogen-bond donors (Lipinski definition) is 0. The lowest BCUT2D eigenvalue weighted by Crippen LogP contribution is -2.57. The van der Waals surface area contributed by atoms with Crippen LogP contribution in [0.3, 0.4) is 0 Å². The summed E-state index contributed by atoms with van der Waals surface area (Å²) in [6, 6.07) is 0. The van der Waals surface area contributed by atoms with Gasteiger partial charge in [-0.15, -0.1) is 0 Å².